The van der Waals surface area contributed by atoms with E-state index in [2.05, 4.69) is 0 Å². The molecule has 0 amide bonds. The maximum atomic E-state index is 11.9. The fraction of sp³-hybridized carbons (Fsp3) is 0.333. The lowest BCUT2D eigenvalue weighted by molar-refractivity contribution is -0.147. The molecule has 0 bridgehead atoms. The van der Waals surface area contributed by atoms with Gasteiger partial charge in [-0.25, -0.2) is 9.59 Å². The molecule has 6 nitrogen and oxygen atoms in total. The molecule has 0 heterocycles. The zero-order chi connectivity index (χ0) is 13.7. The SMILES string of the molecule is CCC(OC(=O)c1c(N)cccc1OC)C(=O)O. The largest absolute Gasteiger partial charge is 0.496 e. The molecule has 0 aromatic heterocycles. The van der Waals surface area contributed by atoms with Gasteiger partial charge in [0.1, 0.15) is 11.3 Å². The lowest BCUT2D eigenvalue weighted by Crippen LogP contribution is -2.26. The minimum absolute atomic E-state index is 0.0414. The number of aliphatic carboxylic acids is 1. The predicted molar refractivity (Wildman–Crippen MR) is 64.5 cm³/mol. The molecule has 0 saturated carbocycles. The molecule has 1 aromatic carbocycles. The standard InChI is InChI=1S/C12H15NO5/c1-3-8(11(14)15)18-12(16)10-7(13)5-4-6-9(10)17-2/h4-6,8H,3,13H2,1-2H3,(H,14,15). The maximum Gasteiger partial charge on any atom is 0.345 e. The smallest absolute Gasteiger partial charge is 0.345 e. The highest BCUT2D eigenvalue weighted by Crippen LogP contribution is 2.25. The number of esters is 1. The molecular weight excluding hydrogens is 238 g/mol. The van der Waals surface area contributed by atoms with Crippen LogP contribution in [0.15, 0.2) is 18.2 Å². The summed E-state index contributed by atoms with van der Waals surface area (Å²) in [5.74, 6) is -1.75. The van der Waals surface area contributed by atoms with Crippen molar-refractivity contribution in [2.75, 3.05) is 12.8 Å². The molecule has 1 rings (SSSR count). The molecule has 0 aliphatic carbocycles. The zero-order valence-corrected chi connectivity index (χ0v) is 10.2. The minimum Gasteiger partial charge on any atom is -0.496 e. The lowest BCUT2D eigenvalue weighted by Gasteiger charge is -2.14. The third kappa shape index (κ3) is 2.91. The van der Waals surface area contributed by atoms with Gasteiger partial charge in [-0.1, -0.05) is 13.0 Å². The van der Waals surface area contributed by atoms with Crippen molar-refractivity contribution in [2.24, 2.45) is 0 Å². The summed E-state index contributed by atoms with van der Waals surface area (Å²) in [7, 11) is 1.39. The summed E-state index contributed by atoms with van der Waals surface area (Å²) in [6, 6.07) is 4.69. The van der Waals surface area contributed by atoms with Crippen LogP contribution in [-0.2, 0) is 9.53 Å². The number of anilines is 1. The third-order valence-electron chi connectivity index (χ3n) is 2.38. The first-order chi connectivity index (χ1) is 8.51. The van der Waals surface area contributed by atoms with Gasteiger partial charge in [0.15, 0.2) is 6.10 Å². The third-order valence-corrected chi connectivity index (χ3v) is 2.38. The molecule has 0 spiro atoms. The van der Waals surface area contributed by atoms with E-state index < -0.39 is 18.0 Å². The summed E-state index contributed by atoms with van der Waals surface area (Å²) < 4.78 is 9.87. The van der Waals surface area contributed by atoms with Crippen LogP contribution in [-0.4, -0.2) is 30.3 Å². The fourth-order valence-corrected chi connectivity index (χ4v) is 1.43. The Balaban J connectivity index is 3.00. The van der Waals surface area contributed by atoms with Crippen molar-refractivity contribution in [1.29, 1.82) is 0 Å². The van der Waals surface area contributed by atoms with Crippen LogP contribution < -0.4 is 10.5 Å². The maximum absolute atomic E-state index is 11.9. The first-order valence-electron chi connectivity index (χ1n) is 5.37. The Morgan fingerprint density at radius 1 is 1.44 bits per heavy atom. The number of nitrogens with two attached hydrogens (primary N) is 1. The predicted octanol–water partition coefficient (Wildman–Crippen LogP) is 1.30. The number of carbonyl (C=O) groups is 2. The molecule has 0 saturated heterocycles. The molecule has 0 aliphatic rings. The summed E-state index contributed by atoms with van der Waals surface area (Å²) in [5.41, 5.74) is 5.88. The number of carboxylic acids is 1. The summed E-state index contributed by atoms with van der Waals surface area (Å²) >= 11 is 0. The number of nitrogen functional groups attached to an aromatic ring is 1. The monoisotopic (exact) mass is 253 g/mol. The van der Waals surface area contributed by atoms with Crippen LogP contribution in [0.25, 0.3) is 0 Å². The number of methoxy groups -OCH3 is 1. The van der Waals surface area contributed by atoms with Gasteiger partial charge < -0.3 is 20.3 Å². The van der Waals surface area contributed by atoms with Gasteiger partial charge in [0.25, 0.3) is 0 Å². The first kappa shape index (κ1) is 13.8. The summed E-state index contributed by atoms with van der Waals surface area (Å²) in [4.78, 5) is 22.7. The van der Waals surface area contributed by atoms with Crippen molar-refractivity contribution >= 4 is 17.6 Å². The van der Waals surface area contributed by atoms with Crippen LogP contribution >= 0.6 is 0 Å². The molecule has 1 unspecified atom stereocenters. The van der Waals surface area contributed by atoms with Crippen LogP contribution in [0.1, 0.15) is 23.7 Å². The Morgan fingerprint density at radius 2 is 2.11 bits per heavy atom. The summed E-state index contributed by atoms with van der Waals surface area (Å²) in [6.45, 7) is 1.61. The Bertz CT molecular complexity index is 458. The number of carbonyl (C=O) groups excluding carboxylic acids is 1. The molecule has 1 atom stereocenters. The molecule has 18 heavy (non-hydrogen) atoms. The Labute approximate surface area is 104 Å². The topological polar surface area (TPSA) is 98.9 Å². The van der Waals surface area contributed by atoms with Crippen molar-refractivity contribution in [1.82, 2.24) is 0 Å². The average molecular weight is 253 g/mol. The normalized spacial score (nSPS) is 11.7. The van der Waals surface area contributed by atoms with Crippen LogP contribution in [0.3, 0.4) is 0 Å². The molecule has 0 radical (unpaired) electrons. The van der Waals surface area contributed by atoms with Crippen molar-refractivity contribution in [3.05, 3.63) is 23.8 Å². The van der Waals surface area contributed by atoms with Crippen LogP contribution in [0, 0.1) is 0 Å². The van der Waals surface area contributed by atoms with Gasteiger partial charge in [0, 0.05) is 5.69 Å². The van der Waals surface area contributed by atoms with E-state index in [1.54, 1.807) is 19.1 Å². The van der Waals surface area contributed by atoms with Gasteiger partial charge in [-0.15, -0.1) is 0 Å². The van der Waals surface area contributed by atoms with Crippen molar-refractivity contribution in [3.63, 3.8) is 0 Å². The molecule has 6 heteroatoms. The molecule has 3 N–H and O–H groups in total. The lowest BCUT2D eigenvalue weighted by atomic mass is 10.1. The van der Waals surface area contributed by atoms with E-state index >= 15 is 0 Å². The van der Waals surface area contributed by atoms with E-state index in [1.165, 1.54) is 13.2 Å². The van der Waals surface area contributed by atoms with Crippen LogP contribution in [0.2, 0.25) is 0 Å². The number of benzene rings is 1. The molecule has 0 fully saturated rings. The number of hydrogen-bond donors (Lipinski definition) is 2. The number of carboxylic acid groups (broad SMARTS) is 1. The molecule has 0 aliphatic heterocycles. The highest BCUT2D eigenvalue weighted by Gasteiger charge is 2.24. The van der Waals surface area contributed by atoms with E-state index in [0.717, 1.165) is 0 Å². The second-order valence-electron chi connectivity index (χ2n) is 3.56. The number of ether oxygens (including phenoxy) is 2. The fourth-order valence-electron chi connectivity index (χ4n) is 1.43. The van der Waals surface area contributed by atoms with Crippen molar-refractivity contribution in [3.8, 4) is 5.75 Å². The van der Waals surface area contributed by atoms with E-state index in [0.29, 0.717) is 0 Å². The molecule has 98 valence electrons. The van der Waals surface area contributed by atoms with E-state index in [1.807, 2.05) is 0 Å². The molecule has 1 aromatic rings. The van der Waals surface area contributed by atoms with Gasteiger partial charge in [-0.05, 0) is 18.6 Å². The first-order valence-corrected chi connectivity index (χ1v) is 5.37. The Morgan fingerprint density at radius 3 is 2.61 bits per heavy atom. The summed E-state index contributed by atoms with van der Waals surface area (Å²) in [5, 5.41) is 8.83. The van der Waals surface area contributed by atoms with Crippen molar-refractivity contribution in [2.45, 2.75) is 19.4 Å². The quantitative estimate of drug-likeness (QED) is 0.606. The minimum atomic E-state index is -1.20. The Hall–Kier alpha value is -2.24. The summed E-state index contributed by atoms with van der Waals surface area (Å²) in [6.07, 6.45) is -1.02. The Kier molecular flexibility index (Phi) is 4.53. The van der Waals surface area contributed by atoms with E-state index in [9.17, 15) is 9.59 Å². The van der Waals surface area contributed by atoms with Gasteiger partial charge in [-0.2, -0.15) is 0 Å². The number of hydrogen-bond acceptors (Lipinski definition) is 5. The second-order valence-corrected chi connectivity index (χ2v) is 3.56. The van der Waals surface area contributed by atoms with Gasteiger partial charge in [-0.3, -0.25) is 0 Å². The second kappa shape index (κ2) is 5.90. The van der Waals surface area contributed by atoms with Gasteiger partial charge in [0.2, 0.25) is 0 Å². The van der Waals surface area contributed by atoms with Crippen molar-refractivity contribution < 1.29 is 24.2 Å². The van der Waals surface area contributed by atoms with E-state index in [4.69, 9.17) is 20.3 Å². The highest BCUT2D eigenvalue weighted by atomic mass is 16.6. The highest BCUT2D eigenvalue weighted by molar-refractivity contribution is 5.99. The van der Waals surface area contributed by atoms with Gasteiger partial charge in [0.05, 0.1) is 7.11 Å². The zero-order valence-electron chi connectivity index (χ0n) is 10.2. The number of rotatable bonds is 5. The average Bonchev–Trinajstić information content (AvgIpc) is 2.34. The van der Waals surface area contributed by atoms with Crippen LogP contribution in [0.5, 0.6) is 5.75 Å². The van der Waals surface area contributed by atoms with Gasteiger partial charge >= 0.3 is 11.9 Å². The van der Waals surface area contributed by atoms with Crippen LogP contribution in [0.4, 0.5) is 5.69 Å². The molecular formula is C12H15NO5. The van der Waals surface area contributed by atoms with E-state index in [-0.39, 0.29) is 23.4 Å².